The van der Waals surface area contributed by atoms with Crippen LogP contribution in [0.15, 0.2) is 54.6 Å². The lowest BCUT2D eigenvalue weighted by atomic mass is 9.76. The number of benzene rings is 2. The van der Waals surface area contributed by atoms with Gasteiger partial charge in [0.05, 0.1) is 18.7 Å². The third-order valence-corrected chi connectivity index (χ3v) is 5.16. The summed E-state index contributed by atoms with van der Waals surface area (Å²) in [6, 6.07) is 11.8. The van der Waals surface area contributed by atoms with E-state index in [2.05, 4.69) is 11.4 Å². The summed E-state index contributed by atoms with van der Waals surface area (Å²) in [6.07, 6.45) is 0.601. The Balaban J connectivity index is 1.79. The molecule has 0 amide bonds. The number of fused-ring (bicyclic) bond motifs is 3. The van der Waals surface area contributed by atoms with Crippen LogP contribution in [0, 0.1) is 5.92 Å². The average Bonchev–Trinajstić information content (AvgIpc) is 3.10. The number of halogens is 3. The second kappa shape index (κ2) is 5.83. The molecule has 3 atom stereocenters. The molecule has 0 radical (unpaired) electrons. The van der Waals surface area contributed by atoms with Gasteiger partial charge in [-0.25, -0.2) is 0 Å². The van der Waals surface area contributed by atoms with Crippen LogP contribution >= 0.6 is 0 Å². The van der Waals surface area contributed by atoms with Crippen molar-refractivity contribution in [3.63, 3.8) is 0 Å². The van der Waals surface area contributed by atoms with Crippen LogP contribution < -0.4 is 10.1 Å². The van der Waals surface area contributed by atoms with Gasteiger partial charge in [-0.15, -0.1) is 0 Å². The molecule has 4 rings (SSSR count). The fourth-order valence-electron chi connectivity index (χ4n) is 4.00. The summed E-state index contributed by atoms with van der Waals surface area (Å²) in [6.45, 7) is 0. The van der Waals surface area contributed by atoms with Gasteiger partial charge in [-0.3, -0.25) is 0 Å². The Bertz CT molecular complexity index is 828. The molecule has 0 spiro atoms. The molecule has 1 aliphatic carbocycles. The number of allylic oxidation sites excluding steroid dienone is 2. The summed E-state index contributed by atoms with van der Waals surface area (Å²) in [7, 11) is 1.63. The van der Waals surface area contributed by atoms with Crippen molar-refractivity contribution in [2.45, 2.75) is 24.6 Å². The van der Waals surface area contributed by atoms with Crippen molar-refractivity contribution < 1.29 is 17.9 Å². The van der Waals surface area contributed by atoms with Crippen LogP contribution in [0.3, 0.4) is 0 Å². The van der Waals surface area contributed by atoms with Gasteiger partial charge in [0.25, 0.3) is 0 Å². The Morgan fingerprint density at radius 1 is 1.08 bits per heavy atom. The molecule has 25 heavy (non-hydrogen) atoms. The standard InChI is InChI=1S/C20H18F3NO/c1-25-18-8-3-2-5-15(18)19-14-7-4-6-13(14)16-11-12(20(21,22)23)9-10-17(16)24-19/h2-6,8-11,13-14,19,24H,7H2,1H3/t13-,14+,19-/m1/s1. The molecular formula is C20H18F3NO. The maximum atomic E-state index is 13.1. The molecule has 1 heterocycles. The summed E-state index contributed by atoms with van der Waals surface area (Å²) in [4.78, 5) is 0. The summed E-state index contributed by atoms with van der Waals surface area (Å²) in [5.74, 6) is 0.946. The van der Waals surface area contributed by atoms with E-state index in [1.54, 1.807) is 13.2 Å². The van der Waals surface area contributed by atoms with Crippen molar-refractivity contribution in [2.24, 2.45) is 5.92 Å². The van der Waals surface area contributed by atoms with Gasteiger partial charge in [-0.2, -0.15) is 13.2 Å². The number of nitrogens with one attached hydrogen (secondary N) is 1. The van der Waals surface area contributed by atoms with E-state index in [4.69, 9.17) is 4.74 Å². The number of alkyl halides is 3. The maximum Gasteiger partial charge on any atom is 0.416 e. The van der Waals surface area contributed by atoms with Crippen molar-refractivity contribution in [2.75, 3.05) is 12.4 Å². The Morgan fingerprint density at radius 3 is 2.64 bits per heavy atom. The van der Waals surface area contributed by atoms with Gasteiger partial charge in [0, 0.05) is 17.2 Å². The van der Waals surface area contributed by atoms with E-state index in [1.807, 2.05) is 30.3 Å². The first-order chi connectivity index (χ1) is 12.0. The molecule has 2 aromatic carbocycles. The zero-order valence-corrected chi connectivity index (χ0v) is 13.7. The first-order valence-electron chi connectivity index (χ1n) is 8.26. The maximum absolute atomic E-state index is 13.1. The first-order valence-corrected chi connectivity index (χ1v) is 8.26. The Kier molecular flexibility index (Phi) is 3.74. The summed E-state index contributed by atoms with van der Waals surface area (Å²) < 4.78 is 44.8. The molecule has 130 valence electrons. The topological polar surface area (TPSA) is 21.3 Å². The predicted octanol–water partition coefficient (Wildman–Crippen LogP) is 5.54. The number of hydrogen-bond acceptors (Lipinski definition) is 2. The van der Waals surface area contributed by atoms with Crippen molar-refractivity contribution >= 4 is 5.69 Å². The highest BCUT2D eigenvalue weighted by Crippen LogP contribution is 2.51. The monoisotopic (exact) mass is 345 g/mol. The number of rotatable bonds is 2. The van der Waals surface area contributed by atoms with Gasteiger partial charge in [-0.05, 0) is 42.2 Å². The average molecular weight is 345 g/mol. The molecule has 1 N–H and O–H groups in total. The van der Waals surface area contributed by atoms with Crippen LogP contribution in [0.2, 0.25) is 0 Å². The largest absolute Gasteiger partial charge is 0.496 e. The molecule has 0 saturated heterocycles. The highest BCUT2D eigenvalue weighted by molar-refractivity contribution is 5.61. The van der Waals surface area contributed by atoms with E-state index in [9.17, 15) is 13.2 Å². The molecule has 2 aliphatic rings. The molecular weight excluding hydrogens is 327 g/mol. The van der Waals surface area contributed by atoms with Crippen LogP contribution in [0.25, 0.3) is 0 Å². The number of ether oxygens (including phenoxy) is 1. The van der Waals surface area contributed by atoms with Crippen molar-refractivity contribution in [1.29, 1.82) is 0 Å². The number of anilines is 1. The third kappa shape index (κ3) is 2.68. The minimum Gasteiger partial charge on any atom is -0.496 e. The van der Waals surface area contributed by atoms with E-state index in [0.717, 1.165) is 35.1 Å². The van der Waals surface area contributed by atoms with E-state index >= 15 is 0 Å². The number of methoxy groups -OCH3 is 1. The van der Waals surface area contributed by atoms with Crippen LogP contribution in [0.1, 0.15) is 35.1 Å². The van der Waals surface area contributed by atoms with Crippen LogP contribution in [0.5, 0.6) is 5.75 Å². The Morgan fingerprint density at radius 2 is 1.88 bits per heavy atom. The van der Waals surface area contributed by atoms with Gasteiger partial charge in [0.1, 0.15) is 5.75 Å². The van der Waals surface area contributed by atoms with Crippen molar-refractivity contribution in [3.8, 4) is 5.75 Å². The van der Waals surface area contributed by atoms with Gasteiger partial charge >= 0.3 is 6.18 Å². The lowest BCUT2D eigenvalue weighted by Gasteiger charge is -2.38. The molecule has 0 fully saturated rings. The van der Waals surface area contributed by atoms with E-state index in [1.165, 1.54) is 6.07 Å². The highest BCUT2D eigenvalue weighted by Gasteiger charge is 2.40. The van der Waals surface area contributed by atoms with Crippen LogP contribution in [-0.4, -0.2) is 7.11 Å². The lowest BCUT2D eigenvalue weighted by Crippen LogP contribution is -2.29. The molecule has 0 bridgehead atoms. The summed E-state index contributed by atoms with van der Waals surface area (Å²) in [5, 5.41) is 3.45. The van der Waals surface area contributed by atoms with Crippen LogP contribution in [-0.2, 0) is 6.18 Å². The summed E-state index contributed by atoms with van der Waals surface area (Å²) >= 11 is 0. The molecule has 2 aromatic rings. The SMILES string of the molecule is COc1ccccc1[C@@H]1Nc2ccc(C(F)(F)F)cc2[C@@H]2C=CC[C@@H]21. The zero-order valence-electron chi connectivity index (χ0n) is 13.7. The highest BCUT2D eigenvalue weighted by atomic mass is 19.4. The molecule has 0 aromatic heterocycles. The fraction of sp³-hybridized carbons (Fsp3) is 0.300. The van der Waals surface area contributed by atoms with Crippen molar-refractivity contribution in [1.82, 2.24) is 0 Å². The molecule has 0 unspecified atom stereocenters. The van der Waals surface area contributed by atoms with Crippen LogP contribution in [0.4, 0.5) is 18.9 Å². The van der Waals surface area contributed by atoms with E-state index in [0.29, 0.717) is 0 Å². The first kappa shape index (κ1) is 16.1. The fourth-order valence-corrected chi connectivity index (χ4v) is 4.00. The number of para-hydroxylation sites is 1. The third-order valence-electron chi connectivity index (χ3n) is 5.16. The second-order valence-corrected chi connectivity index (χ2v) is 6.52. The normalized spacial score (nSPS) is 24.4. The van der Waals surface area contributed by atoms with Crippen molar-refractivity contribution in [3.05, 3.63) is 71.3 Å². The lowest BCUT2D eigenvalue weighted by molar-refractivity contribution is -0.137. The minimum absolute atomic E-state index is 0.000358. The van der Waals surface area contributed by atoms with E-state index in [-0.39, 0.29) is 17.9 Å². The second-order valence-electron chi connectivity index (χ2n) is 6.52. The van der Waals surface area contributed by atoms with Gasteiger partial charge < -0.3 is 10.1 Å². The molecule has 0 saturated carbocycles. The summed E-state index contributed by atoms with van der Waals surface area (Å²) in [5.41, 5.74) is 1.92. The quantitative estimate of drug-likeness (QED) is 0.722. The van der Waals surface area contributed by atoms with Gasteiger partial charge in [0.15, 0.2) is 0 Å². The van der Waals surface area contributed by atoms with Gasteiger partial charge in [0.2, 0.25) is 0 Å². The smallest absolute Gasteiger partial charge is 0.416 e. The Labute approximate surface area is 144 Å². The Hall–Kier alpha value is -2.43. The predicted molar refractivity (Wildman–Crippen MR) is 90.8 cm³/mol. The molecule has 1 aliphatic heterocycles. The zero-order chi connectivity index (χ0) is 17.6. The van der Waals surface area contributed by atoms with E-state index < -0.39 is 11.7 Å². The number of hydrogen-bond donors (Lipinski definition) is 1. The molecule has 2 nitrogen and oxygen atoms in total. The minimum atomic E-state index is -4.33. The molecule has 5 heteroatoms. The van der Waals surface area contributed by atoms with Gasteiger partial charge in [-0.1, -0.05) is 30.4 Å².